The van der Waals surface area contributed by atoms with E-state index in [2.05, 4.69) is 12.0 Å². The van der Waals surface area contributed by atoms with Gasteiger partial charge >= 0.3 is 6.09 Å². The normalized spacial score (nSPS) is 16.6. The van der Waals surface area contributed by atoms with Gasteiger partial charge in [0.2, 0.25) is 0 Å². The number of benzene rings is 1. The molecule has 20 heavy (non-hydrogen) atoms. The van der Waals surface area contributed by atoms with E-state index in [1.54, 1.807) is 9.58 Å². The molecule has 1 aromatic heterocycles. The number of hydrogen-bond acceptors (Lipinski definition) is 3. The van der Waals surface area contributed by atoms with Gasteiger partial charge in [-0.25, -0.2) is 4.79 Å². The summed E-state index contributed by atoms with van der Waals surface area (Å²) in [5.74, 6) is 1.08. The highest BCUT2D eigenvalue weighted by atomic mass is 16.6. The highest BCUT2D eigenvalue weighted by Crippen LogP contribution is 2.25. The van der Waals surface area contributed by atoms with Gasteiger partial charge in [0.25, 0.3) is 5.88 Å². The summed E-state index contributed by atoms with van der Waals surface area (Å²) in [6.45, 7) is 3.75. The number of likely N-dealkylation sites (tertiary alicyclic amines) is 1. The van der Waals surface area contributed by atoms with E-state index in [9.17, 15) is 4.79 Å². The van der Waals surface area contributed by atoms with Gasteiger partial charge < -0.3 is 9.64 Å². The summed E-state index contributed by atoms with van der Waals surface area (Å²) in [4.78, 5) is 13.9. The lowest BCUT2D eigenvalue weighted by Crippen LogP contribution is -2.39. The Morgan fingerprint density at radius 2 is 2.00 bits per heavy atom. The van der Waals surface area contributed by atoms with Crippen molar-refractivity contribution in [3.05, 3.63) is 24.3 Å². The Balaban J connectivity index is 1.78. The van der Waals surface area contributed by atoms with Crippen LogP contribution in [0.3, 0.4) is 0 Å². The van der Waals surface area contributed by atoms with Crippen molar-refractivity contribution < 1.29 is 9.53 Å². The molecule has 5 heteroatoms. The van der Waals surface area contributed by atoms with Gasteiger partial charge in [-0.15, -0.1) is 5.10 Å². The minimum Gasteiger partial charge on any atom is -0.389 e. The fraction of sp³-hybridized carbons (Fsp3) is 0.467. The fourth-order valence-electron chi connectivity index (χ4n) is 2.59. The van der Waals surface area contributed by atoms with E-state index in [1.807, 2.05) is 31.3 Å². The number of fused-ring (bicyclic) bond motifs is 1. The minimum atomic E-state index is -0.291. The molecule has 0 unspecified atom stereocenters. The van der Waals surface area contributed by atoms with Crippen molar-refractivity contribution in [1.82, 2.24) is 14.7 Å². The molecule has 3 rings (SSSR count). The molecule has 106 valence electrons. The number of carbonyl (C=O) groups is 1. The third-order valence-corrected chi connectivity index (χ3v) is 3.95. The predicted molar refractivity (Wildman–Crippen MR) is 76.7 cm³/mol. The molecule has 0 saturated carbocycles. The van der Waals surface area contributed by atoms with Crippen LogP contribution < -0.4 is 4.74 Å². The molecule has 0 radical (unpaired) electrons. The predicted octanol–water partition coefficient (Wildman–Crippen LogP) is 2.80. The molecule has 0 spiro atoms. The summed E-state index contributed by atoms with van der Waals surface area (Å²) in [6, 6.07) is 7.75. The number of hydrogen-bond donors (Lipinski definition) is 0. The number of rotatable bonds is 1. The Labute approximate surface area is 118 Å². The number of para-hydroxylation sites is 1. The molecular formula is C15H19N3O2. The summed E-state index contributed by atoms with van der Waals surface area (Å²) in [5, 5.41) is 5.16. The standard InChI is InChI=1S/C15H19N3O2/c1-11-7-9-18(10-8-11)15(19)20-14-12-5-3-4-6-13(12)17(2)16-14/h3-6,11H,7-10H2,1-2H3. The van der Waals surface area contributed by atoms with Crippen LogP contribution in [0.4, 0.5) is 4.79 Å². The summed E-state index contributed by atoms with van der Waals surface area (Å²) in [5.41, 5.74) is 0.961. The summed E-state index contributed by atoms with van der Waals surface area (Å²) >= 11 is 0. The maximum Gasteiger partial charge on any atom is 0.416 e. The van der Waals surface area contributed by atoms with E-state index in [0.29, 0.717) is 11.8 Å². The molecule has 0 aliphatic carbocycles. The van der Waals surface area contributed by atoms with E-state index in [0.717, 1.165) is 36.8 Å². The van der Waals surface area contributed by atoms with Crippen molar-refractivity contribution in [2.24, 2.45) is 13.0 Å². The number of nitrogens with zero attached hydrogens (tertiary/aromatic N) is 3. The molecule has 2 aromatic rings. The Morgan fingerprint density at radius 1 is 1.30 bits per heavy atom. The molecule has 1 aliphatic heterocycles. The second kappa shape index (κ2) is 5.15. The SMILES string of the molecule is CC1CCN(C(=O)Oc2nn(C)c3ccccc23)CC1. The summed E-state index contributed by atoms with van der Waals surface area (Å²) in [6.07, 6.45) is 1.79. The van der Waals surface area contributed by atoms with Crippen molar-refractivity contribution >= 4 is 17.0 Å². The van der Waals surface area contributed by atoms with Gasteiger partial charge in [-0.1, -0.05) is 19.1 Å². The molecule has 1 aromatic carbocycles. The van der Waals surface area contributed by atoms with Crippen molar-refractivity contribution in [2.75, 3.05) is 13.1 Å². The topological polar surface area (TPSA) is 47.4 Å². The van der Waals surface area contributed by atoms with Gasteiger partial charge in [0, 0.05) is 20.1 Å². The number of carbonyl (C=O) groups excluding carboxylic acids is 1. The third-order valence-electron chi connectivity index (χ3n) is 3.95. The average Bonchev–Trinajstić information content (AvgIpc) is 2.77. The molecule has 1 amide bonds. The first kappa shape index (κ1) is 13.0. The van der Waals surface area contributed by atoms with Crippen LogP contribution in [0, 0.1) is 5.92 Å². The third kappa shape index (κ3) is 2.35. The Morgan fingerprint density at radius 3 is 2.75 bits per heavy atom. The van der Waals surface area contributed by atoms with Crippen LogP contribution in [-0.2, 0) is 7.05 Å². The van der Waals surface area contributed by atoms with Crippen molar-refractivity contribution in [3.8, 4) is 5.88 Å². The Kier molecular flexibility index (Phi) is 3.34. The Bertz CT molecular complexity index is 627. The van der Waals surface area contributed by atoms with E-state index in [4.69, 9.17) is 4.74 Å². The van der Waals surface area contributed by atoms with Gasteiger partial charge in [-0.05, 0) is 30.9 Å². The first-order chi connectivity index (χ1) is 9.65. The van der Waals surface area contributed by atoms with Gasteiger partial charge in [0.15, 0.2) is 0 Å². The zero-order valence-corrected chi connectivity index (χ0v) is 11.9. The van der Waals surface area contributed by atoms with Crippen LogP contribution in [0.5, 0.6) is 5.88 Å². The minimum absolute atomic E-state index is 0.291. The molecule has 2 heterocycles. The zero-order valence-electron chi connectivity index (χ0n) is 11.9. The number of amides is 1. The Hall–Kier alpha value is -2.04. The smallest absolute Gasteiger partial charge is 0.389 e. The largest absolute Gasteiger partial charge is 0.416 e. The number of piperidine rings is 1. The van der Waals surface area contributed by atoms with Crippen LogP contribution in [0.25, 0.3) is 10.9 Å². The van der Waals surface area contributed by atoms with Crippen molar-refractivity contribution in [3.63, 3.8) is 0 Å². The molecule has 5 nitrogen and oxygen atoms in total. The number of aromatic nitrogens is 2. The monoisotopic (exact) mass is 273 g/mol. The molecule has 0 atom stereocenters. The van der Waals surface area contributed by atoms with Crippen LogP contribution in [-0.4, -0.2) is 33.9 Å². The highest BCUT2D eigenvalue weighted by Gasteiger charge is 2.23. The van der Waals surface area contributed by atoms with E-state index < -0.39 is 0 Å². The quantitative estimate of drug-likeness (QED) is 0.802. The summed E-state index contributed by atoms with van der Waals surface area (Å²) in [7, 11) is 1.85. The van der Waals surface area contributed by atoms with Gasteiger partial charge in [0.1, 0.15) is 0 Å². The molecule has 1 saturated heterocycles. The van der Waals surface area contributed by atoms with E-state index >= 15 is 0 Å². The highest BCUT2D eigenvalue weighted by molar-refractivity contribution is 5.86. The second-order valence-corrected chi connectivity index (χ2v) is 5.48. The molecule has 0 N–H and O–H groups in total. The molecule has 1 fully saturated rings. The first-order valence-electron chi connectivity index (χ1n) is 7.03. The van der Waals surface area contributed by atoms with Crippen LogP contribution >= 0.6 is 0 Å². The van der Waals surface area contributed by atoms with E-state index in [-0.39, 0.29) is 6.09 Å². The maximum absolute atomic E-state index is 12.2. The first-order valence-corrected chi connectivity index (χ1v) is 7.03. The lowest BCUT2D eigenvalue weighted by Gasteiger charge is -2.29. The van der Waals surface area contributed by atoms with Crippen molar-refractivity contribution in [1.29, 1.82) is 0 Å². The second-order valence-electron chi connectivity index (χ2n) is 5.48. The zero-order chi connectivity index (χ0) is 14.1. The van der Waals surface area contributed by atoms with E-state index in [1.165, 1.54) is 0 Å². The lowest BCUT2D eigenvalue weighted by atomic mass is 10.00. The molecule has 0 bridgehead atoms. The number of aryl methyl sites for hydroxylation is 1. The van der Waals surface area contributed by atoms with Crippen LogP contribution in [0.15, 0.2) is 24.3 Å². The average molecular weight is 273 g/mol. The van der Waals surface area contributed by atoms with Gasteiger partial charge in [-0.3, -0.25) is 4.68 Å². The molecule has 1 aliphatic rings. The van der Waals surface area contributed by atoms with Crippen LogP contribution in [0.1, 0.15) is 19.8 Å². The fourth-order valence-corrected chi connectivity index (χ4v) is 2.59. The van der Waals surface area contributed by atoms with Crippen LogP contribution in [0.2, 0.25) is 0 Å². The summed E-state index contributed by atoms with van der Waals surface area (Å²) < 4.78 is 7.21. The van der Waals surface area contributed by atoms with Crippen molar-refractivity contribution in [2.45, 2.75) is 19.8 Å². The number of ether oxygens (including phenoxy) is 1. The maximum atomic E-state index is 12.2. The lowest BCUT2D eigenvalue weighted by molar-refractivity contribution is 0.132. The molecular weight excluding hydrogens is 254 g/mol. The van der Waals surface area contributed by atoms with Gasteiger partial charge in [0.05, 0.1) is 10.9 Å². The van der Waals surface area contributed by atoms with Gasteiger partial charge in [-0.2, -0.15) is 0 Å².